The lowest BCUT2D eigenvalue weighted by molar-refractivity contribution is 0.389. The van der Waals surface area contributed by atoms with Gasteiger partial charge in [0.2, 0.25) is 0 Å². The summed E-state index contributed by atoms with van der Waals surface area (Å²) in [6.45, 7) is 5.11. The van der Waals surface area contributed by atoms with Crippen LogP contribution in [-0.4, -0.2) is 58.7 Å². The second-order valence-corrected chi connectivity index (χ2v) is 7.06. The smallest absolute Gasteiger partial charge is 0.190 e. The number of rotatable bonds is 12. The van der Waals surface area contributed by atoms with E-state index in [9.17, 15) is 0 Å². The maximum absolute atomic E-state index is 5.44. The minimum atomic E-state index is 0. The van der Waals surface area contributed by atoms with Crippen molar-refractivity contribution in [3.05, 3.63) is 29.3 Å². The molecule has 0 amide bonds. The summed E-state index contributed by atoms with van der Waals surface area (Å²) >= 11 is 0. The molecule has 0 aromatic heterocycles. The Morgan fingerprint density at radius 3 is 2.37 bits per heavy atom. The zero-order chi connectivity index (χ0) is 19.2. The quantitative estimate of drug-likeness (QED) is 0.202. The van der Waals surface area contributed by atoms with Crippen molar-refractivity contribution >= 4 is 29.9 Å². The number of benzene rings is 1. The van der Waals surface area contributed by atoms with Crippen LogP contribution in [0.2, 0.25) is 0 Å². The second-order valence-electron chi connectivity index (χ2n) is 7.06. The summed E-state index contributed by atoms with van der Waals surface area (Å²) in [5.74, 6) is 1.83. The first kappa shape index (κ1) is 26.0. The van der Waals surface area contributed by atoms with Gasteiger partial charge in [0.15, 0.2) is 5.96 Å². The van der Waals surface area contributed by atoms with Crippen molar-refractivity contribution in [2.24, 2.45) is 4.99 Å². The number of hydrogen-bond acceptors (Lipinski definition) is 3. The highest BCUT2D eigenvalue weighted by atomic mass is 127. The molecule has 0 aliphatic carbocycles. The van der Waals surface area contributed by atoms with E-state index in [4.69, 9.17) is 4.74 Å². The molecular weight excluding hydrogens is 451 g/mol. The van der Waals surface area contributed by atoms with E-state index in [0.29, 0.717) is 0 Å². The molecule has 1 rings (SSSR count). The minimum Gasteiger partial charge on any atom is -0.496 e. The van der Waals surface area contributed by atoms with Gasteiger partial charge in [0.05, 0.1) is 7.11 Å². The van der Waals surface area contributed by atoms with E-state index < -0.39 is 0 Å². The fraction of sp³-hybridized carbons (Fsp3) is 0.667. The predicted molar refractivity (Wildman–Crippen MR) is 128 cm³/mol. The number of halogens is 1. The molecule has 0 spiro atoms. The summed E-state index contributed by atoms with van der Waals surface area (Å²) in [7, 11) is 7.82. The minimum absolute atomic E-state index is 0. The average molecular weight is 490 g/mol. The third-order valence-corrected chi connectivity index (χ3v) is 4.42. The van der Waals surface area contributed by atoms with Crippen LogP contribution in [0.5, 0.6) is 5.75 Å². The number of methoxy groups -OCH3 is 1. The van der Waals surface area contributed by atoms with Gasteiger partial charge in [0.1, 0.15) is 5.75 Å². The molecule has 0 saturated heterocycles. The molecule has 0 saturated carbocycles. The lowest BCUT2D eigenvalue weighted by atomic mass is 10.1. The van der Waals surface area contributed by atoms with Gasteiger partial charge in [-0.1, -0.05) is 37.0 Å². The van der Waals surface area contributed by atoms with E-state index in [-0.39, 0.29) is 24.0 Å². The number of nitrogens with one attached hydrogen (secondary N) is 2. The third kappa shape index (κ3) is 12.1. The lowest BCUT2D eigenvalue weighted by Gasteiger charge is -2.13. The molecule has 0 unspecified atom stereocenters. The van der Waals surface area contributed by atoms with Crippen LogP contribution in [0, 0.1) is 6.92 Å². The number of ether oxygens (including phenoxy) is 1. The molecule has 6 heteroatoms. The van der Waals surface area contributed by atoms with Crippen molar-refractivity contribution in [1.29, 1.82) is 0 Å². The first-order chi connectivity index (χ1) is 12.6. The van der Waals surface area contributed by atoms with Crippen molar-refractivity contribution in [3.63, 3.8) is 0 Å². The lowest BCUT2D eigenvalue weighted by Crippen LogP contribution is -2.38. The van der Waals surface area contributed by atoms with Crippen molar-refractivity contribution < 1.29 is 4.74 Å². The summed E-state index contributed by atoms with van der Waals surface area (Å²) < 4.78 is 5.44. The van der Waals surface area contributed by atoms with Crippen LogP contribution in [0.4, 0.5) is 0 Å². The normalized spacial score (nSPS) is 11.3. The van der Waals surface area contributed by atoms with Crippen LogP contribution in [0.1, 0.15) is 43.2 Å². The summed E-state index contributed by atoms with van der Waals surface area (Å²) in [5.41, 5.74) is 2.49. The highest BCUT2D eigenvalue weighted by Gasteiger charge is 2.04. The fourth-order valence-electron chi connectivity index (χ4n) is 2.93. The number of nitrogens with zero attached hydrogens (tertiary/aromatic N) is 2. The highest BCUT2D eigenvalue weighted by molar-refractivity contribution is 14.0. The highest BCUT2D eigenvalue weighted by Crippen LogP contribution is 2.19. The van der Waals surface area contributed by atoms with Gasteiger partial charge in [-0.3, -0.25) is 4.99 Å². The van der Waals surface area contributed by atoms with E-state index in [1.165, 1.54) is 49.8 Å². The molecule has 0 aliphatic rings. The van der Waals surface area contributed by atoms with Gasteiger partial charge in [-0.2, -0.15) is 0 Å². The Bertz CT molecular complexity index is 535. The van der Waals surface area contributed by atoms with Crippen LogP contribution < -0.4 is 15.4 Å². The third-order valence-electron chi connectivity index (χ3n) is 4.42. The van der Waals surface area contributed by atoms with Crippen LogP contribution in [0.3, 0.4) is 0 Å². The zero-order valence-electron chi connectivity index (χ0n) is 17.8. The van der Waals surface area contributed by atoms with Gasteiger partial charge in [0.25, 0.3) is 0 Å². The summed E-state index contributed by atoms with van der Waals surface area (Å²) in [6.07, 6.45) is 7.31. The van der Waals surface area contributed by atoms with Crippen molar-refractivity contribution in [1.82, 2.24) is 15.5 Å². The number of aliphatic imine (C=N–C) groups is 1. The van der Waals surface area contributed by atoms with E-state index >= 15 is 0 Å². The topological polar surface area (TPSA) is 48.9 Å². The van der Waals surface area contributed by atoms with Crippen LogP contribution in [-0.2, 0) is 6.42 Å². The van der Waals surface area contributed by atoms with Crippen molar-refractivity contribution in [2.75, 3.05) is 47.9 Å². The molecule has 0 aliphatic heterocycles. The van der Waals surface area contributed by atoms with Gasteiger partial charge in [-0.15, -0.1) is 24.0 Å². The maximum Gasteiger partial charge on any atom is 0.190 e. The Morgan fingerprint density at radius 2 is 1.70 bits per heavy atom. The molecular formula is C21H39IN4O. The molecule has 0 atom stereocenters. The molecule has 0 fully saturated rings. The van der Waals surface area contributed by atoms with Gasteiger partial charge in [-0.05, 0) is 58.5 Å². The maximum atomic E-state index is 5.44. The Balaban J connectivity index is 0.00000676. The van der Waals surface area contributed by atoms with Crippen molar-refractivity contribution in [3.8, 4) is 5.75 Å². The Labute approximate surface area is 183 Å². The predicted octanol–water partition coefficient (Wildman–Crippen LogP) is 3.84. The number of unbranched alkanes of at least 4 members (excludes halogenated alkanes) is 4. The molecule has 27 heavy (non-hydrogen) atoms. The second kappa shape index (κ2) is 16.0. The molecule has 156 valence electrons. The molecule has 2 N–H and O–H groups in total. The zero-order valence-corrected chi connectivity index (χ0v) is 20.1. The average Bonchev–Trinajstić information content (AvgIpc) is 2.62. The Kier molecular flexibility index (Phi) is 15.4. The fourth-order valence-corrected chi connectivity index (χ4v) is 2.93. The van der Waals surface area contributed by atoms with E-state index in [1.54, 1.807) is 7.11 Å². The van der Waals surface area contributed by atoms with Crippen molar-refractivity contribution in [2.45, 2.75) is 45.4 Å². The van der Waals surface area contributed by atoms with E-state index in [1.807, 2.05) is 13.1 Å². The Hall–Kier alpha value is -1.02. The van der Waals surface area contributed by atoms with Gasteiger partial charge in [-0.25, -0.2) is 0 Å². The number of hydrogen-bond donors (Lipinski definition) is 2. The van der Waals surface area contributed by atoms with Crippen LogP contribution in [0.25, 0.3) is 0 Å². The first-order valence-corrected chi connectivity index (χ1v) is 9.79. The van der Waals surface area contributed by atoms with Gasteiger partial charge < -0.3 is 20.3 Å². The largest absolute Gasteiger partial charge is 0.496 e. The molecule has 0 radical (unpaired) electrons. The molecule has 0 heterocycles. The Morgan fingerprint density at radius 1 is 1.04 bits per heavy atom. The van der Waals surface area contributed by atoms with Gasteiger partial charge in [0, 0.05) is 20.1 Å². The first-order valence-electron chi connectivity index (χ1n) is 9.79. The summed E-state index contributed by atoms with van der Waals surface area (Å²) in [5, 5.41) is 6.79. The number of guanidine groups is 1. The summed E-state index contributed by atoms with van der Waals surface area (Å²) in [6, 6.07) is 6.31. The SMILES string of the molecule is CN=C(NCCCCCCCN(C)C)NCCc1cc(C)ccc1OC.I. The monoisotopic (exact) mass is 490 g/mol. The van der Waals surface area contributed by atoms with E-state index in [2.05, 4.69) is 53.7 Å². The van der Waals surface area contributed by atoms with Gasteiger partial charge >= 0.3 is 0 Å². The van der Waals surface area contributed by atoms with Crippen LogP contribution in [0.15, 0.2) is 23.2 Å². The molecule has 1 aromatic rings. The van der Waals surface area contributed by atoms with E-state index in [0.717, 1.165) is 31.2 Å². The standard InChI is InChI=1S/C21H38N4O.HI/c1-18-11-12-20(26-5)19(17-18)13-15-24-21(22-2)23-14-9-7-6-8-10-16-25(3)4;/h11-12,17H,6-10,13-16H2,1-5H3,(H2,22,23,24);1H. The molecule has 1 aromatic carbocycles. The number of aryl methyl sites for hydroxylation is 1. The molecule has 0 bridgehead atoms. The van der Waals surface area contributed by atoms with Crippen LogP contribution >= 0.6 is 24.0 Å². The summed E-state index contributed by atoms with van der Waals surface area (Å²) in [4.78, 5) is 6.56. The molecule has 5 nitrogen and oxygen atoms in total.